The van der Waals surface area contributed by atoms with E-state index in [0.29, 0.717) is 5.92 Å². The van der Waals surface area contributed by atoms with Crippen molar-refractivity contribution in [2.75, 3.05) is 24.6 Å². The molecule has 0 unspecified atom stereocenters. The normalized spacial score (nSPS) is 23.2. The van der Waals surface area contributed by atoms with Gasteiger partial charge in [0.1, 0.15) is 18.0 Å². The lowest BCUT2D eigenvalue weighted by atomic mass is 10.00. The Balaban J connectivity index is 2.03. The Labute approximate surface area is 110 Å². The van der Waals surface area contributed by atoms with Gasteiger partial charge in [-0.2, -0.15) is 0 Å². The average Bonchev–Trinajstić information content (AvgIpc) is 2.79. The number of aromatic nitrogens is 2. The predicted octanol–water partition coefficient (Wildman–Crippen LogP) is 1.83. The first kappa shape index (κ1) is 12.3. The van der Waals surface area contributed by atoms with Gasteiger partial charge in [-0.1, -0.05) is 6.92 Å². The Morgan fingerprint density at radius 3 is 2.95 bits per heavy atom. The third kappa shape index (κ3) is 2.14. The number of nitrogens with zero attached hydrogens (tertiary/aromatic N) is 3. The largest absolute Gasteiger partial charge is 0.396 e. The first-order valence-corrected chi connectivity index (χ1v) is 6.45. The van der Waals surface area contributed by atoms with Gasteiger partial charge in [0.05, 0.1) is 5.52 Å². The summed E-state index contributed by atoms with van der Waals surface area (Å²) in [5, 5.41) is 10.1. The molecule has 1 aromatic carbocycles. The molecule has 100 valence electrons. The van der Waals surface area contributed by atoms with Crippen LogP contribution >= 0.6 is 0 Å². The van der Waals surface area contributed by atoms with Crippen LogP contribution in [0.4, 0.5) is 10.2 Å². The Bertz CT molecular complexity index is 604. The summed E-state index contributed by atoms with van der Waals surface area (Å²) in [6, 6.07) is 4.54. The summed E-state index contributed by atoms with van der Waals surface area (Å²) in [6.07, 6.45) is 1.51. The van der Waals surface area contributed by atoms with Crippen molar-refractivity contribution in [1.29, 1.82) is 0 Å². The average molecular weight is 261 g/mol. The molecule has 5 heteroatoms. The van der Waals surface area contributed by atoms with E-state index in [0.717, 1.165) is 29.8 Å². The number of hydrogen-bond donors (Lipinski definition) is 1. The zero-order valence-electron chi connectivity index (χ0n) is 10.8. The number of anilines is 1. The van der Waals surface area contributed by atoms with Crippen LogP contribution in [0, 0.1) is 17.7 Å². The highest BCUT2D eigenvalue weighted by Gasteiger charge is 2.30. The smallest absolute Gasteiger partial charge is 0.140 e. The molecule has 0 saturated carbocycles. The van der Waals surface area contributed by atoms with Crippen LogP contribution in [0.1, 0.15) is 6.92 Å². The van der Waals surface area contributed by atoms with Gasteiger partial charge in [-0.3, -0.25) is 0 Å². The van der Waals surface area contributed by atoms with Gasteiger partial charge >= 0.3 is 0 Å². The Morgan fingerprint density at radius 1 is 1.37 bits per heavy atom. The molecule has 2 aromatic rings. The van der Waals surface area contributed by atoms with E-state index in [1.807, 2.05) is 0 Å². The summed E-state index contributed by atoms with van der Waals surface area (Å²) in [5.41, 5.74) is 0.742. The minimum absolute atomic E-state index is 0.176. The summed E-state index contributed by atoms with van der Waals surface area (Å²) in [6.45, 7) is 3.87. The molecule has 0 spiro atoms. The van der Waals surface area contributed by atoms with Crippen molar-refractivity contribution in [1.82, 2.24) is 9.97 Å². The van der Waals surface area contributed by atoms with Gasteiger partial charge in [0.2, 0.25) is 0 Å². The van der Waals surface area contributed by atoms with Crippen LogP contribution in [-0.2, 0) is 0 Å². The second-order valence-electron chi connectivity index (χ2n) is 5.18. The number of halogens is 1. The molecule has 1 aliphatic heterocycles. The fourth-order valence-electron chi connectivity index (χ4n) is 2.71. The van der Waals surface area contributed by atoms with Crippen molar-refractivity contribution in [2.45, 2.75) is 6.92 Å². The van der Waals surface area contributed by atoms with Gasteiger partial charge in [0.25, 0.3) is 0 Å². The summed E-state index contributed by atoms with van der Waals surface area (Å²) >= 11 is 0. The minimum atomic E-state index is -0.283. The Kier molecular flexibility index (Phi) is 3.06. The first-order valence-electron chi connectivity index (χ1n) is 6.45. The summed E-state index contributed by atoms with van der Waals surface area (Å²) < 4.78 is 13.4. The Hall–Kier alpha value is -1.75. The molecule has 4 nitrogen and oxygen atoms in total. The van der Waals surface area contributed by atoms with E-state index in [1.54, 1.807) is 6.07 Å². The molecule has 2 atom stereocenters. The SMILES string of the molecule is C[C@@H]1CN(c2ncnc3ccc(F)cc23)C[C@H]1CO. The van der Waals surface area contributed by atoms with Gasteiger partial charge in [-0.15, -0.1) is 0 Å². The summed E-state index contributed by atoms with van der Waals surface area (Å²) in [4.78, 5) is 10.6. The molecule has 1 N–H and O–H groups in total. The molecule has 1 aliphatic rings. The van der Waals surface area contributed by atoms with Gasteiger partial charge in [0.15, 0.2) is 0 Å². The third-order valence-electron chi connectivity index (χ3n) is 3.88. The third-order valence-corrected chi connectivity index (χ3v) is 3.88. The highest BCUT2D eigenvalue weighted by molar-refractivity contribution is 5.89. The van der Waals surface area contributed by atoms with Crippen LogP contribution in [-0.4, -0.2) is 34.8 Å². The van der Waals surface area contributed by atoms with Crippen LogP contribution in [0.3, 0.4) is 0 Å². The lowest BCUT2D eigenvalue weighted by Gasteiger charge is -2.18. The van der Waals surface area contributed by atoms with E-state index in [2.05, 4.69) is 21.8 Å². The lowest BCUT2D eigenvalue weighted by molar-refractivity contribution is 0.212. The maximum absolute atomic E-state index is 13.4. The molecule has 19 heavy (non-hydrogen) atoms. The van der Waals surface area contributed by atoms with E-state index in [1.165, 1.54) is 18.5 Å². The molecule has 0 bridgehead atoms. The van der Waals surface area contributed by atoms with Crippen molar-refractivity contribution in [3.8, 4) is 0 Å². The second kappa shape index (κ2) is 4.74. The zero-order chi connectivity index (χ0) is 13.4. The van der Waals surface area contributed by atoms with Crippen molar-refractivity contribution >= 4 is 16.7 Å². The number of fused-ring (bicyclic) bond motifs is 1. The molecule has 2 heterocycles. The van der Waals surface area contributed by atoms with Crippen LogP contribution in [0.5, 0.6) is 0 Å². The second-order valence-corrected chi connectivity index (χ2v) is 5.18. The lowest BCUT2D eigenvalue weighted by Crippen LogP contribution is -2.22. The summed E-state index contributed by atoms with van der Waals surface area (Å²) in [7, 11) is 0. The number of benzene rings is 1. The number of rotatable bonds is 2. The predicted molar refractivity (Wildman–Crippen MR) is 71.4 cm³/mol. The quantitative estimate of drug-likeness (QED) is 0.896. The highest BCUT2D eigenvalue weighted by atomic mass is 19.1. The van der Waals surface area contributed by atoms with Crippen LogP contribution in [0.2, 0.25) is 0 Å². The zero-order valence-corrected chi connectivity index (χ0v) is 10.8. The van der Waals surface area contributed by atoms with Gasteiger partial charge in [-0.05, 0) is 24.1 Å². The first-order chi connectivity index (χ1) is 9.19. The maximum atomic E-state index is 13.4. The van der Waals surface area contributed by atoms with Crippen LogP contribution < -0.4 is 4.90 Å². The molecular weight excluding hydrogens is 245 g/mol. The molecule has 3 rings (SSSR count). The molecule has 1 saturated heterocycles. The van der Waals surface area contributed by atoms with E-state index in [9.17, 15) is 9.50 Å². The molecule has 0 amide bonds. The van der Waals surface area contributed by atoms with E-state index in [-0.39, 0.29) is 18.3 Å². The standard InChI is InChI=1S/C14H16FN3O/c1-9-5-18(6-10(9)7-19)14-12-4-11(15)2-3-13(12)16-8-17-14/h2-4,8-10,19H,5-7H2,1H3/t9-,10+/m1/s1. The van der Waals surface area contributed by atoms with Crippen molar-refractivity contribution in [3.05, 3.63) is 30.3 Å². The van der Waals surface area contributed by atoms with Crippen molar-refractivity contribution < 1.29 is 9.50 Å². The van der Waals surface area contributed by atoms with Gasteiger partial charge in [0, 0.05) is 31.0 Å². The van der Waals surface area contributed by atoms with E-state index in [4.69, 9.17) is 0 Å². The minimum Gasteiger partial charge on any atom is -0.396 e. The fraction of sp³-hybridized carbons (Fsp3) is 0.429. The van der Waals surface area contributed by atoms with Gasteiger partial charge in [-0.25, -0.2) is 14.4 Å². The van der Waals surface area contributed by atoms with Gasteiger partial charge < -0.3 is 10.0 Å². The van der Waals surface area contributed by atoms with Crippen molar-refractivity contribution in [3.63, 3.8) is 0 Å². The van der Waals surface area contributed by atoms with Crippen molar-refractivity contribution in [2.24, 2.45) is 11.8 Å². The van der Waals surface area contributed by atoms with E-state index >= 15 is 0 Å². The Morgan fingerprint density at radius 2 is 2.21 bits per heavy atom. The van der Waals surface area contributed by atoms with Crippen LogP contribution in [0.15, 0.2) is 24.5 Å². The molecule has 1 fully saturated rings. The molecular formula is C14H16FN3O. The highest BCUT2D eigenvalue weighted by Crippen LogP contribution is 2.30. The summed E-state index contributed by atoms with van der Waals surface area (Å²) in [5.74, 6) is 1.13. The topological polar surface area (TPSA) is 49.2 Å². The van der Waals surface area contributed by atoms with E-state index < -0.39 is 0 Å². The number of hydrogen-bond acceptors (Lipinski definition) is 4. The number of aliphatic hydroxyl groups is 1. The monoisotopic (exact) mass is 261 g/mol. The maximum Gasteiger partial charge on any atom is 0.140 e. The molecule has 0 radical (unpaired) electrons. The fourth-order valence-corrected chi connectivity index (χ4v) is 2.71. The number of aliphatic hydroxyl groups excluding tert-OH is 1. The molecule has 0 aliphatic carbocycles. The van der Waals surface area contributed by atoms with Crippen LogP contribution in [0.25, 0.3) is 10.9 Å². The molecule has 1 aromatic heterocycles.